The lowest BCUT2D eigenvalue weighted by Crippen LogP contribution is -2.26. The molecular formula is C22H22N4O2. The zero-order valence-electron chi connectivity index (χ0n) is 15.9. The van der Waals surface area contributed by atoms with Gasteiger partial charge < -0.3 is 10.1 Å². The van der Waals surface area contributed by atoms with Crippen LogP contribution in [0.3, 0.4) is 0 Å². The molecule has 1 amide bonds. The van der Waals surface area contributed by atoms with Gasteiger partial charge in [0.2, 0.25) is 5.91 Å². The van der Waals surface area contributed by atoms with Crippen molar-refractivity contribution >= 4 is 11.6 Å². The number of benzene rings is 1. The van der Waals surface area contributed by atoms with Crippen LogP contribution in [0.25, 0.3) is 0 Å². The summed E-state index contributed by atoms with van der Waals surface area (Å²) in [6.07, 6.45) is 5.76. The molecule has 2 heterocycles. The van der Waals surface area contributed by atoms with Crippen molar-refractivity contribution in [3.8, 4) is 5.75 Å². The molecule has 28 heavy (non-hydrogen) atoms. The fourth-order valence-corrected chi connectivity index (χ4v) is 3.57. The molecule has 2 atom stereocenters. The number of hydrogen-bond donors (Lipinski definition) is 1. The van der Waals surface area contributed by atoms with Crippen molar-refractivity contribution in [1.29, 1.82) is 0 Å². The van der Waals surface area contributed by atoms with E-state index in [4.69, 9.17) is 4.74 Å². The average Bonchev–Trinajstić information content (AvgIpc) is 3.45. The minimum atomic E-state index is -0.356. The largest absolute Gasteiger partial charge is 0.489 e. The molecule has 1 aromatic carbocycles. The van der Waals surface area contributed by atoms with Gasteiger partial charge in [0, 0.05) is 11.6 Å². The third-order valence-electron chi connectivity index (χ3n) is 5.21. The van der Waals surface area contributed by atoms with E-state index < -0.39 is 0 Å². The first-order valence-corrected chi connectivity index (χ1v) is 9.28. The summed E-state index contributed by atoms with van der Waals surface area (Å²) in [5.74, 6) is 1.18. The summed E-state index contributed by atoms with van der Waals surface area (Å²) in [6, 6.07) is 13.7. The Morgan fingerprint density at radius 1 is 1.18 bits per heavy atom. The quantitative estimate of drug-likeness (QED) is 0.715. The molecule has 6 nitrogen and oxygen atoms in total. The summed E-state index contributed by atoms with van der Waals surface area (Å²) >= 11 is 0. The first-order valence-electron chi connectivity index (χ1n) is 9.28. The highest BCUT2D eigenvalue weighted by molar-refractivity contribution is 5.96. The monoisotopic (exact) mass is 374 g/mol. The first-order chi connectivity index (χ1) is 13.6. The molecule has 0 spiro atoms. The molecule has 1 saturated carbocycles. The predicted octanol–water partition coefficient (Wildman–Crippen LogP) is 3.46. The molecule has 1 aliphatic rings. The van der Waals surface area contributed by atoms with Crippen molar-refractivity contribution in [1.82, 2.24) is 15.0 Å². The summed E-state index contributed by atoms with van der Waals surface area (Å²) in [5.41, 5.74) is 2.25. The number of aryl methyl sites for hydroxylation is 2. The van der Waals surface area contributed by atoms with Gasteiger partial charge in [0.1, 0.15) is 5.82 Å². The Balaban J connectivity index is 1.54. The van der Waals surface area contributed by atoms with Gasteiger partial charge in [0.15, 0.2) is 5.75 Å². The number of anilines is 1. The van der Waals surface area contributed by atoms with Gasteiger partial charge >= 0.3 is 0 Å². The number of ether oxygens (including phenoxy) is 1. The van der Waals surface area contributed by atoms with E-state index in [-0.39, 0.29) is 17.2 Å². The molecule has 0 bridgehead atoms. The number of carbonyl (C=O) groups is 1. The standard InChI is InChI=1S/C22H22N4O2/c1-15-20(13-24-16(2)25-15)28-14-22(17-7-4-3-5-8-17)11-19(22)21(27)26-18-9-6-10-23-12-18/h3-10,12-13,19H,11,14H2,1-2H3,(H,26,27)/t19-,22+/m0/s1. The van der Waals surface area contributed by atoms with Crippen molar-refractivity contribution in [2.75, 3.05) is 11.9 Å². The van der Waals surface area contributed by atoms with Crippen molar-refractivity contribution in [3.05, 3.63) is 78.1 Å². The first kappa shape index (κ1) is 18.1. The molecule has 1 aliphatic carbocycles. The van der Waals surface area contributed by atoms with E-state index in [0.717, 1.165) is 17.7 Å². The van der Waals surface area contributed by atoms with Gasteiger partial charge in [0.05, 0.1) is 36.3 Å². The predicted molar refractivity (Wildman–Crippen MR) is 106 cm³/mol. The number of aromatic nitrogens is 3. The summed E-state index contributed by atoms with van der Waals surface area (Å²) in [4.78, 5) is 25.5. The van der Waals surface area contributed by atoms with Crippen LogP contribution in [-0.2, 0) is 10.2 Å². The maximum atomic E-state index is 12.9. The molecule has 0 saturated heterocycles. The van der Waals surface area contributed by atoms with Crippen molar-refractivity contribution < 1.29 is 9.53 Å². The summed E-state index contributed by atoms with van der Waals surface area (Å²) in [7, 11) is 0. The number of nitrogens with zero attached hydrogens (tertiary/aromatic N) is 3. The molecular weight excluding hydrogens is 352 g/mol. The van der Waals surface area contributed by atoms with Gasteiger partial charge in [-0.05, 0) is 38.0 Å². The van der Waals surface area contributed by atoms with Crippen LogP contribution in [0.15, 0.2) is 61.1 Å². The number of rotatable bonds is 6. The Labute approximate surface area is 164 Å². The van der Waals surface area contributed by atoms with E-state index in [2.05, 4.69) is 32.4 Å². The highest BCUT2D eigenvalue weighted by Crippen LogP contribution is 2.55. The van der Waals surface area contributed by atoms with E-state index in [1.807, 2.05) is 38.1 Å². The number of amides is 1. The lowest BCUT2D eigenvalue weighted by molar-refractivity contribution is -0.117. The molecule has 142 valence electrons. The number of nitrogens with one attached hydrogen (secondary N) is 1. The van der Waals surface area contributed by atoms with Gasteiger partial charge in [-0.25, -0.2) is 9.97 Å². The molecule has 6 heteroatoms. The Morgan fingerprint density at radius 3 is 2.71 bits per heavy atom. The second kappa shape index (κ2) is 7.38. The average molecular weight is 374 g/mol. The molecule has 3 aromatic rings. The molecule has 0 aliphatic heterocycles. The third-order valence-corrected chi connectivity index (χ3v) is 5.21. The zero-order chi connectivity index (χ0) is 19.6. The van der Waals surface area contributed by atoms with Crippen LogP contribution in [0, 0.1) is 19.8 Å². The van der Waals surface area contributed by atoms with E-state index in [1.54, 1.807) is 24.7 Å². The Morgan fingerprint density at radius 2 is 2.00 bits per heavy atom. The molecule has 1 N–H and O–H groups in total. The van der Waals surface area contributed by atoms with Gasteiger partial charge in [0.25, 0.3) is 0 Å². The number of pyridine rings is 1. The van der Waals surface area contributed by atoms with Crippen LogP contribution < -0.4 is 10.1 Å². The number of hydrogen-bond acceptors (Lipinski definition) is 5. The molecule has 0 radical (unpaired) electrons. The third kappa shape index (κ3) is 3.58. The normalized spacial score (nSPS) is 20.4. The Hall–Kier alpha value is -3.28. The van der Waals surface area contributed by atoms with Crippen LogP contribution in [0.4, 0.5) is 5.69 Å². The van der Waals surface area contributed by atoms with Crippen molar-refractivity contribution in [2.24, 2.45) is 5.92 Å². The van der Waals surface area contributed by atoms with Gasteiger partial charge in [-0.1, -0.05) is 30.3 Å². The smallest absolute Gasteiger partial charge is 0.228 e. The van der Waals surface area contributed by atoms with E-state index in [0.29, 0.717) is 23.9 Å². The number of carbonyl (C=O) groups excluding carboxylic acids is 1. The zero-order valence-corrected chi connectivity index (χ0v) is 15.9. The molecule has 0 unspecified atom stereocenters. The van der Waals surface area contributed by atoms with Crippen LogP contribution in [-0.4, -0.2) is 27.5 Å². The van der Waals surface area contributed by atoms with E-state index >= 15 is 0 Å². The fourth-order valence-electron chi connectivity index (χ4n) is 3.57. The molecule has 1 fully saturated rings. The van der Waals surface area contributed by atoms with Gasteiger partial charge in [-0.3, -0.25) is 9.78 Å². The van der Waals surface area contributed by atoms with E-state index in [9.17, 15) is 4.79 Å². The Kier molecular flexibility index (Phi) is 4.77. The second-order valence-corrected chi connectivity index (χ2v) is 7.17. The minimum Gasteiger partial charge on any atom is -0.489 e. The SMILES string of the molecule is Cc1ncc(OC[C@@]2(c3ccccc3)C[C@H]2C(=O)Nc2cccnc2)c(C)n1. The van der Waals surface area contributed by atoms with Crippen molar-refractivity contribution in [2.45, 2.75) is 25.7 Å². The van der Waals surface area contributed by atoms with Crippen molar-refractivity contribution in [3.63, 3.8) is 0 Å². The fraction of sp³-hybridized carbons (Fsp3) is 0.273. The van der Waals surface area contributed by atoms with E-state index in [1.165, 1.54) is 0 Å². The summed E-state index contributed by atoms with van der Waals surface area (Å²) < 4.78 is 6.09. The Bertz CT molecular complexity index is 978. The maximum Gasteiger partial charge on any atom is 0.228 e. The highest BCUT2D eigenvalue weighted by Gasteiger charge is 2.60. The van der Waals surface area contributed by atoms with Crippen LogP contribution in [0.1, 0.15) is 23.5 Å². The minimum absolute atomic E-state index is 0.0164. The highest BCUT2D eigenvalue weighted by atomic mass is 16.5. The summed E-state index contributed by atoms with van der Waals surface area (Å²) in [5, 5.41) is 2.96. The second-order valence-electron chi connectivity index (χ2n) is 7.17. The molecule has 2 aromatic heterocycles. The van der Waals surface area contributed by atoms with Crippen LogP contribution >= 0.6 is 0 Å². The lowest BCUT2D eigenvalue weighted by atomic mass is 9.93. The van der Waals surface area contributed by atoms with Gasteiger partial charge in [-0.2, -0.15) is 0 Å². The lowest BCUT2D eigenvalue weighted by Gasteiger charge is -2.19. The van der Waals surface area contributed by atoms with Crippen LogP contribution in [0.2, 0.25) is 0 Å². The van der Waals surface area contributed by atoms with Crippen LogP contribution in [0.5, 0.6) is 5.75 Å². The topological polar surface area (TPSA) is 77.0 Å². The maximum absolute atomic E-state index is 12.9. The summed E-state index contributed by atoms with van der Waals surface area (Å²) in [6.45, 7) is 4.15. The molecule has 4 rings (SSSR count). The van der Waals surface area contributed by atoms with Gasteiger partial charge in [-0.15, -0.1) is 0 Å².